The van der Waals surface area contributed by atoms with Crippen molar-refractivity contribution in [3.05, 3.63) is 34.1 Å². The van der Waals surface area contributed by atoms with Gasteiger partial charge in [0, 0.05) is 43.2 Å². The number of amides is 2. The smallest absolute Gasteiger partial charge is 0.255 e. The highest BCUT2D eigenvalue weighted by molar-refractivity contribution is 6.22. The lowest BCUT2D eigenvalue weighted by Crippen LogP contribution is -2.58. The van der Waals surface area contributed by atoms with Crippen LogP contribution in [0.3, 0.4) is 0 Å². The SMILES string of the molecule is CN(C)c1cc(NC(=O)CNC(C)(C)C)c(O)c2c1C[C@H]1C[C@H]3CC(=O)C(C(N)=O)=C(O)[C@@]3(O)C(=O)C1=C2O. The third kappa shape index (κ3) is 4.53. The highest BCUT2D eigenvalue weighted by Crippen LogP contribution is 2.54. The van der Waals surface area contributed by atoms with E-state index < -0.39 is 63.7 Å². The average Bonchev–Trinajstić information content (AvgIpc) is 2.80. The van der Waals surface area contributed by atoms with Crippen LogP contribution >= 0.6 is 0 Å². The zero-order valence-corrected chi connectivity index (χ0v) is 22.5. The summed E-state index contributed by atoms with van der Waals surface area (Å²) in [4.78, 5) is 52.4. The Morgan fingerprint density at radius 3 is 2.36 bits per heavy atom. The van der Waals surface area contributed by atoms with E-state index in [1.54, 1.807) is 25.1 Å². The predicted molar refractivity (Wildman–Crippen MR) is 142 cm³/mol. The summed E-state index contributed by atoms with van der Waals surface area (Å²) in [5.74, 6) is -7.49. The van der Waals surface area contributed by atoms with Gasteiger partial charge in [0.05, 0.1) is 17.8 Å². The summed E-state index contributed by atoms with van der Waals surface area (Å²) in [6, 6.07) is 1.57. The molecule has 1 aromatic rings. The Labute approximate surface area is 225 Å². The number of phenolic OH excluding ortho intramolecular Hbond substituents is 1. The number of hydrogen-bond acceptors (Lipinski definition) is 10. The minimum Gasteiger partial charge on any atom is -0.508 e. The summed E-state index contributed by atoms with van der Waals surface area (Å²) < 4.78 is 0. The maximum atomic E-state index is 13.7. The van der Waals surface area contributed by atoms with Crippen LogP contribution in [-0.2, 0) is 25.6 Å². The number of nitrogens with one attached hydrogen (secondary N) is 2. The Hall–Kier alpha value is -3.90. The summed E-state index contributed by atoms with van der Waals surface area (Å²) in [5.41, 5.74) is 2.15. The molecule has 0 spiro atoms. The van der Waals surface area contributed by atoms with Crippen LogP contribution in [0, 0.1) is 11.8 Å². The zero-order chi connectivity index (χ0) is 29.2. The number of hydrogen-bond donors (Lipinski definition) is 7. The second-order valence-electron chi connectivity index (χ2n) is 11.6. The standard InChI is InChI=1S/C27H34N4O8/c1-26(2,3)29-10-17(33)30-14-9-15(31(4)5)13-7-11-6-12-8-16(32)20(25(28)38)24(37)27(12,39)23(36)18(11)22(35)19(13)21(14)34/h9,11-12,29,34-35,37,39H,6-8,10H2,1-5H3,(H2,28,38)(H,30,33)/t11-,12+,27+/m1/s1. The molecule has 210 valence electrons. The minimum atomic E-state index is -2.64. The number of aliphatic hydroxyl groups is 3. The molecule has 3 aliphatic rings. The topological polar surface area (TPSA) is 203 Å². The number of aliphatic hydroxyl groups excluding tert-OH is 2. The number of Topliss-reactive ketones (excluding diaryl/α,β-unsaturated/α-hetero) is 2. The number of primary amides is 1. The van der Waals surface area contributed by atoms with E-state index in [0.29, 0.717) is 11.3 Å². The van der Waals surface area contributed by atoms with Crippen molar-refractivity contribution in [2.75, 3.05) is 30.9 Å². The van der Waals surface area contributed by atoms with Crippen molar-refractivity contribution >= 4 is 40.5 Å². The van der Waals surface area contributed by atoms with Gasteiger partial charge < -0.3 is 41.7 Å². The summed E-state index contributed by atoms with van der Waals surface area (Å²) in [7, 11) is 3.49. The van der Waals surface area contributed by atoms with Gasteiger partial charge in [-0.15, -0.1) is 0 Å². The Bertz CT molecular complexity index is 1370. The van der Waals surface area contributed by atoms with Crippen LogP contribution in [-0.4, -0.2) is 75.6 Å². The first-order valence-electron chi connectivity index (χ1n) is 12.6. The number of fused-ring (bicyclic) bond motifs is 3. The molecule has 12 nitrogen and oxygen atoms in total. The summed E-state index contributed by atoms with van der Waals surface area (Å²) >= 11 is 0. The molecule has 4 rings (SSSR count). The van der Waals surface area contributed by atoms with Gasteiger partial charge in [-0.25, -0.2) is 0 Å². The fraction of sp³-hybridized carbons (Fsp3) is 0.481. The van der Waals surface area contributed by atoms with Crippen molar-refractivity contribution in [2.45, 2.75) is 51.2 Å². The predicted octanol–water partition coefficient (Wildman–Crippen LogP) is 0.817. The molecule has 2 amide bonds. The van der Waals surface area contributed by atoms with Gasteiger partial charge >= 0.3 is 0 Å². The third-order valence-electron chi connectivity index (χ3n) is 7.58. The first kappa shape index (κ1) is 28.1. The molecular weight excluding hydrogens is 508 g/mol. The van der Waals surface area contributed by atoms with Gasteiger partial charge in [-0.05, 0) is 51.2 Å². The quantitative estimate of drug-likeness (QED) is 0.206. The highest BCUT2D eigenvalue weighted by Gasteiger charge is 2.60. The number of rotatable bonds is 5. The van der Waals surface area contributed by atoms with Gasteiger partial charge in [0.25, 0.3) is 5.91 Å². The molecule has 39 heavy (non-hydrogen) atoms. The Balaban J connectivity index is 1.84. The van der Waals surface area contributed by atoms with E-state index in [1.807, 2.05) is 20.8 Å². The molecule has 1 fully saturated rings. The van der Waals surface area contributed by atoms with E-state index in [2.05, 4.69) is 10.6 Å². The molecule has 8 N–H and O–H groups in total. The van der Waals surface area contributed by atoms with E-state index in [4.69, 9.17) is 5.73 Å². The van der Waals surface area contributed by atoms with Crippen LogP contribution < -0.4 is 21.3 Å². The van der Waals surface area contributed by atoms with E-state index in [1.165, 1.54) is 0 Å². The second-order valence-corrected chi connectivity index (χ2v) is 11.6. The highest BCUT2D eigenvalue weighted by atomic mass is 16.3. The number of ketones is 2. The molecule has 0 heterocycles. The lowest BCUT2D eigenvalue weighted by Gasteiger charge is -2.46. The fourth-order valence-electron chi connectivity index (χ4n) is 5.70. The number of carbonyl (C=O) groups excluding carboxylic acids is 4. The maximum Gasteiger partial charge on any atom is 0.255 e. The number of nitrogens with two attached hydrogens (primary N) is 1. The van der Waals surface area contributed by atoms with Crippen LogP contribution in [0.1, 0.15) is 44.7 Å². The molecule has 0 saturated heterocycles. The first-order valence-corrected chi connectivity index (χ1v) is 12.6. The van der Waals surface area contributed by atoms with Gasteiger partial charge in [-0.1, -0.05) is 0 Å². The van der Waals surface area contributed by atoms with Crippen molar-refractivity contribution < 1.29 is 39.6 Å². The molecule has 0 unspecified atom stereocenters. The van der Waals surface area contributed by atoms with E-state index in [0.717, 1.165) is 0 Å². The van der Waals surface area contributed by atoms with Crippen LogP contribution in [0.2, 0.25) is 0 Å². The lowest BCUT2D eigenvalue weighted by atomic mass is 9.59. The molecule has 3 atom stereocenters. The molecule has 0 aromatic heterocycles. The molecule has 3 aliphatic carbocycles. The third-order valence-corrected chi connectivity index (χ3v) is 7.58. The number of anilines is 2. The van der Waals surface area contributed by atoms with Crippen molar-refractivity contribution in [1.29, 1.82) is 0 Å². The van der Waals surface area contributed by atoms with Crippen LogP contribution in [0.4, 0.5) is 11.4 Å². The Morgan fingerprint density at radius 2 is 1.79 bits per heavy atom. The Morgan fingerprint density at radius 1 is 1.15 bits per heavy atom. The van der Waals surface area contributed by atoms with Gasteiger partial charge in [-0.3, -0.25) is 19.2 Å². The molecule has 1 saturated carbocycles. The molecule has 0 bridgehead atoms. The summed E-state index contributed by atoms with van der Waals surface area (Å²) in [6.45, 7) is 5.62. The van der Waals surface area contributed by atoms with Gasteiger partial charge in [0.2, 0.25) is 11.7 Å². The monoisotopic (exact) mass is 542 g/mol. The molecule has 0 radical (unpaired) electrons. The van der Waals surface area contributed by atoms with Crippen molar-refractivity contribution in [1.82, 2.24) is 5.32 Å². The maximum absolute atomic E-state index is 13.7. The lowest BCUT2D eigenvalue weighted by molar-refractivity contribution is -0.147. The number of aromatic hydroxyl groups is 1. The second kappa shape index (κ2) is 9.38. The van der Waals surface area contributed by atoms with Crippen molar-refractivity contribution in [3.8, 4) is 5.75 Å². The number of nitrogens with zero attached hydrogens (tertiary/aromatic N) is 1. The minimum absolute atomic E-state index is 0.00521. The van der Waals surface area contributed by atoms with Crippen LogP contribution in [0.15, 0.2) is 23.0 Å². The van der Waals surface area contributed by atoms with E-state index >= 15 is 0 Å². The average molecular weight is 543 g/mol. The van der Waals surface area contributed by atoms with Crippen LogP contribution in [0.25, 0.3) is 5.76 Å². The number of phenols is 1. The molecule has 12 heteroatoms. The number of carbonyl (C=O) groups is 4. The van der Waals surface area contributed by atoms with Crippen LogP contribution in [0.5, 0.6) is 5.75 Å². The normalized spacial score (nSPS) is 24.7. The van der Waals surface area contributed by atoms with Gasteiger partial charge in [0.1, 0.15) is 22.8 Å². The molecule has 0 aliphatic heterocycles. The largest absolute Gasteiger partial charge is 0.508 e. The zero-order valence-electron chi connectivity index (χ0n) is 22.5. The summed E-state index contributed by atoms with van der Waals surface area (Å²) in [6.07, 6.45) is -0.190. The molecule has 1 aromatic carbocycles. The van der Waals surface area contributed by atoms with Gasteiger partial charge in [0.15, 0.2) is 11.4 Å². The fourth-order valence-corrected chi connectivity index (χ4v) is 5.70. The first-order chi connectivity index (χ1) is 18.0. The molecular formula is C27H34N4O8. The Kier molecular flexibility index (Phi) is 6.76. The number of benzene rings is 1. The van der Waals surface area contributed by atoms with Crippen molar-refractivity contribution in [3.63, 3.8) is 0 Å². The van der Waals surface area contributed by atoms with E-state index in [-0.39, 0.29) is 48.2 Å². The van der Waals surface area contributed by atoms with Gasteiger partial charge in [-0.2, -0.15) is 0 Å². The summed E-state index contributed by atoms with van der Waals surface area (Å²) in [5, 5.41) is 50.3. The van der Waals surface area contributed by atoms with Crippen molar-refractivity contribution in [2.24, 2.45) is 17.6 Å². The van der Waals surface area contributed by atoms with E-state index in [9.17, 15) is 39.6 Å².